The SMILES string of the molecule is N#Cc1nc(NC(=O)C2CC2c2ccc(Cl)c(Cl)c2)[nH]c1C#N. The lowest BCUT2D eigenvalue weighted by Crippen LogP contribution is -2.15. The highest BCUT2D eigenvalue weighted by molar-refractivity contribution is 6.42. The molecule has 1 heterocycles. The summed E-state index contributed by atoms with van der Waals surface area (Å²) in [6.07, 6.45) is 0.695. The summed E-state index contributed by atoms with van der Waals surface area (Å²) in [7, 11) is 0. The maximum atomic E-state index is 12.2. The predicted octanol–water partition coefficient (Wildman–Crippen LogP) is 3.20. The summed E-state index contributed by atoms with van der Waals surface area (Å²) in [6.45, 7) is 0. The summed E-state index contributed by atoms with van der Waals surface area (Å²) < 4.78 is 0. The molecule has 3 rings (SSSR count). The predicted molar refractivity (Wildman–Crippen MR) is 84.0 cm³/mol. The Morgan fingerprint density at radius 3 is 2.70 bits per heavy atom. The number of nitriles is 2. The van der Waals surface area contributed by atoms with E-state index in [1.165, 1.54) is 0 Å². The standard InChI is InChI=1S/C15H9Cl2N5O/c16-10-2-1-7(3-11(10)17)8-4-9(8)14(23)22-15-20-12(5-18)13(6-19)21-15/h1-3,8-9H,4H2,(H2,20,21,22,23). The van der Waals surface area contributed by atoms with Gasteiger partial charge in [-0.1, -0.05) is 29.3 Å². The van der Waals surface area contributed by atoms with Gasteiger partial charge in [0.1, 0.15) is 12.1 Å². The maximum absolute atomic E-state index is 12.2. The zero-order valence-corrected chi connectivity index (χ0v) is 13.1. The van der Waals surface area contributed by atoms with Crippen LogP contribution in [-0.4, -0.2) is 15.9 Å². The first-order valence-electron chi connectivity index (χ1n) is 6.69. The Labute approximate surface area is 141 Å². The van der Waals surface area contributed by atoms with Gasteiger partial charge in [0.2, 0.25) is 11.9 Å². The molecule has 1 fully saturated rings. The third-order valence-corrected chi connectivity index (χ3v) is 4.40. The molecular weight excluding hydrogens is 337 g/mol. The van der Waals surface area contributed by atoms with E-state index in [2.05, 4.69) is 15.3 Å². The molecular formula is C15H9Cl2N5O. The lowest BCUT2D eigenvalue weighted by Gasteiger charge is -2.03. The Bertz CT molecular complexity index is 845. The Morgan fingerprint density at radius 1 is 1.30 bits per heavy atom. The molecule has 0 saturated heterocycles. The van der Waals surface area contributed by atoms with Crippen LogP contribution in [0, 0.1) is 28.6 Å². The highest BCUT2D eigenvalue weighted by Crippen LogP contribution is 2.48. The van der Waals surface area contributed by atoms with Gasteiger partial charge in [-0.3, -0.25) is 10.1 Å². The minimum absolute atomic E-state index is 0.0274. The first-order chi connectivity index (χ1) is 11.0. The fourth-order valence-corrected chi connectivity index (χ4v) is 2.71. The van der Waals surface area contributed by atoms with Crippen molar-refractivity contribution >= 4 is 35.1 Å². The minimum Gasteiger partial charge on any atom is -0.314 e. The number of halogens is 2. The van der Waals surface area contributed by atoms with Gasteiger partial charge in [-0.15, -0.1) is 0 Å². The van der Waals surface area contributed by atoms with Gasteiger partial charge >= 0.3 is 0 Å². The van der Waals surface area contributed by atoms with Crippen molar-refractivity contribution < 1.29 is 4.79 Å². The summed E-state index contributed by atoms with van der Waals surface area (Å²) in [4.78, 5) is 18.7. The quantitative estimate of drug-likeness (QED) is 0.890. The molecule has 1 amide bonds. The molecule has 0 spiro atoms. The van der Waals surface area contributed by atoms with E-state index in [9.17, 15) is 4.79 Å². The van der Waals surface area contributed by atoms with Crippen LogP contribution >= 0.6 is 23.2 Å². The van der Waals surface area contributed by atoms with Gasteiger partial charge in [-0.25, -0.2) is 4.98 Å². The van der Waals surface area contributed by atoms with E-state index in [1.54, 1.807) is 18.2 Å². The summed E-state index contributed by atoms with van der Waals surface area (Å²) in [5.74, 6) is -0.245. The third kappa shape index (κ3) is 3.00. The molecule has 0 aliphatic heterocycles. The number of nitrogens with one attached hydrogen (secondary N) is 2. The van der Waals surface area contributed by atoms with Crippen molar-refractivity contribution in [2.45, 2.75) is 12.3 Å². The van der Waals surface area contributed by atoms with Gasteiger partial charge in [0.25, 0.3) is 0 Å². The first kappa shape index (κ1) is 15.4. The highest BCUT2D eigenvalue weighted by atomic mass is 35.5. The molecule has 23 heavy (non-hydrogen) atoms. The average molecular weight is 346 g/mol. The molecule has 2 atom stereocenters. The van der Waals surface area contributed by atoms with Gasteiger partial charge in [-0.2, -0.15) is 10.5 Å². The number of aromatic amines is 1. The van der Waals surface area contributed by atoms with Crippen molar-refractivity contribution in [3.63, 3.8) is 0 Å². The summed E-state index contributed by atoms with van der Waals surface area (Å²) in [5, 5.41) is 21.2. The number of rotatable bonds is 3. The summed E-state index contributed by atoms with van der Waals surface area (Å²) >= 11 is 11.9. The van der Waals surface area contributed by atoms with Crippen LogP contribution in [-0.2, 0) is 4.79 Å². The van der Waals surface area contributed by atoms with Gasteiger partial charge in [-0.05, 0) is 30.0 Å². The molecule has 6 nitrogen and oxygen atoms in total. The topological polar surface area (TPSA) is 105 Å². The molecule has 2 unspecified atom stereocenters. The number of nitrogens with zero attached hydrogens (tertiary/aromatic N) is 3. The fraction of sp³-hybridized carbons (Fsp3) is 0.200. The molecule has 114 valence electrons. The van der Waals surface area contributed by atoms with Crippen LogP contribution in [0.4, 0.5) is 5.95 Å². The van der Waals surface area contributed by atoms with Crippen molar-refractivity contribution in [2.24, 2.45) is 5.92 Å². The van der Waals surface area contributed by atoms with Crippen molar-refractivity contribution in [3.8, 4) is 12.1 Å². The fourth-order valence-electron chi connectivity index (χ4n) is 2.40. The number of hydrogen-bond donors (Lipinski definition) is 2. The van der Waals surface area contributed by atoms with E-state index in [4.69, 9.17) is 33.7 Å². The number of H-pyrrole nitrogens is 1. The average Bonchev–Trinajstić information content (AvgIpc) is 3.24. The van der Waals surface area contributed by atoms with Crippen molar-refractivity contribution in [1.29, 1.82) is 10.5 Å². The van der Waals surface area contributed by atoms with Crippen molar-refractivity contribution in [1.82, 2.24) is 9.97 Å². The smallest absolute Gasteiger partial charge is 0.230 e. The summed E-state index contributed by atoms with van der Waals surface area (Å²) in [5.41, 5.74) is 0.939. The molecule has 0 bridgehead atoms. The zero-order valence-electron chi connectivity index (χ0n) is 11.6. The number of hydrogen-bond acceptors (Lipinski definition) is 4. The van der Waals surface area contributed by atoms with E-state index in [1.807, 2.05) is 12.1 Å². The largest absolute Gasteiger partial charge is 0.314 e. The number of anilines is 1. The van der Waals surface area contributed by atoms with Gasteiger partial charge in [0, 0.05) is 5.92 Å². The summed E-state index contributed by atoms with van der Waals surface area (Å²) in [6, 6.07) is 8.91. The zero-order chi connectivity index (χ0) is 16.6. The van der Waals surface area contributed by atoms with Crippen LogP contribution in [0.3, 0.4) is 0 Å². The lowest BCUT2D eigenvalue weighted by atomic mass is 10.1. The molecule has 0 radical (unpaired) electrons. The van der Waals surface area contributed by atoms with Gasteiger partial charge < -0.3 is 4.98 Å². The normalized spacial score (nSPS) is 18.8. The maximum Gasteiger partial charge on any atom is 0.230 e. The molecule has 2 N–H and O–H groups in total. The Balaban J connectivity index is 1.69. The van der Waals surface area contributed by atoms with Crippen molar-refractivity contribution in [3.05, 3.63) is 45.2 Å². The van der Waals surface area contributed by atoms with E-state index < -0.39 is 0 Å². The van der Waals surface area contributed by atoms with Crippen molar-refractivity contribution in [2.75, 3.05) is 5.32 Å². The molecule has 1 saturated carbocycles. The van der Waals surface area contributed by atoms with Crippen LogP contribution in [0.25, 0.3) is 0 Å². The van der Waals surface area contributed by atoms with E-state index >= 15 is 0 Å². The molecule has 1 aliphatic rings. The number of imidazole rings is 1. The first-order valence-corrected chi connectivity index (χ1v) is 7.45. The Hall–Kier alpha value is -2.54. The molecule has 1 aromatic carbocycles. The van der Waals surface area contributed by atoms with Gasteiger partial charge in [0.05, 0.1) is 10.0 Å². The number of amides is 1. The second kappa shape index (κ2) is 5.92. The van der Waals surface area contributed by atoms with Gasteiger partial charge in [0.15, 0.2) is 11.4 Å². The van der Waals surface area contributed by atoms with E-state index in [0.717, 1.165) is 5.56 Å². The van der Waals surface area contributed by atoms with Crippen LogP contribution < -0.4 is 5.32 Å². The van der Waals surface area contributed by atoms with Crippen LogP contribution in [0.1, 0.15) is 29.3 Å². The second-order valence-electron chi connectivity index (χ2n) is 5.14. The number of aromatic nitrogens is 2. The lowest BCUT2D eigenvalue weighted by molar-refractivity contribution is -0.117. The van der Waals surface area contributed by atoms with E-state index in [0.29, 0.717) is 16.5 Å². The molecule has 1 aromatic heterocycles. The third-order valence-electron chi connectivity index (χ3n) is 3.66. The minimum atomic E-state index is -0.219. The highest BCUT2D eigenvalue weighted by Gasteiger charge is 2.44. The van der Waals surface area contributed by atoms with Crippen LogP contribution in [0.15, 0.2) is 18.2 Å². The Morgan fingerprint density at radius 2 is 2.09 bits per heavy atom. The van der Waals surface area contributed by atoms with E-state index in [-0.39, 0.29) is 35.1 Å². The number of carbonyl (C=O) groups is 1. The number of benzene rings is 1. The monoisotopic (exact) mass is 345 g/mol. The van der Waals surface area contributed by atoms with Crippen LogP contribution in [0.2, 0.25) is 10.0 Å². The molecule has 2 aromatic rings. The number of carbonyl (C=O) groups excluding carboxylic acids is 1. The second-order valence-corrected chi connectivity index (χ2v) is 5.96. The van der Waals surface area contributed by atoms with Crippen LogP contribution in [0.5, 0.6) is 0 Å². The molecule has 8 heteroatoms. The Kier molecular flexibility index (Phi) is 3.96. The molecule has 1 aliphatic carbocycles.